The molecule has 4 heteroatoms. The van der Waals surface area contributed by atoms with Crippen molar-refractivity contribution in [1.82, 2.24) is 0 Å². The summed E-state index contributed by atoms with van der Waals surface area (Å²) in [5.41, 5.74) is 0. The van der Waals surface area contributed by atoms with Gasteiger partial charge in [-0.25, -0.2) is 0 Å². The van der Waals surface area contributed by atoms with Crippen molar-refractivity contribution in [3.05, 3.63) is 21.3 Å². The molecule has 0 bridgehead atoms. The lowest BCUT2D eigenvalue weighted by atomic mass is 10.5. The molecule has 0 atom stereocenters. The van der Waals surface area contributed by atoms with Gasteiger partial charge in [-0.2, -0.15) is 0 Å². The number of allylic oxidation sites excluding steroid dienone is 4. The van der Waals surface area contributed by atoms with E-state index in [4.69, 9.17) is 0 Å². The van der Waals surface area contributed by atoms with Gasteiger partial charge in [-0.05, 0) is 81.0 Å². The maximum Gasteiger partial charge on any atom is -0.000419 e. The average Bonchev–Trinajstić information content (AvgIpc) is 2.56. The summed E-state index contributed by atoms with van der Waals surface area (Å²) < 4.78 is 0. The van der Waals surface area contributed by atoms with Gasteiger partial charge < -0.3 is 0 Å². The van der Waals surface area contributed by atoms with Gasteiger partial charge in [-0.3, -0.25) is 0 Å². The van der Waals surface area contributed by atoms with Crippen LogP contribution in [0.25, 0.3) is 0 Å². The standard InChI is InChI=1S/C13H26P4/c1-14(2)10-9-11(15(3)4)13(17(7)8)12(10)16(5)6/h9H2,1-8H3. The first kappa shape index (κ1) is 16.3. The van der Waals surface area contributed by atoms with Gasteiger partial charge in [0.2, 0.25) is 0 Å². The van der Waals surface area contributed by atoms with Crippen LogP contribution < -0.4 is 0 Å². The molecule has 0 aromatic rings. The second-order valence-electron chi connectivity index (χ2n) is 5.35. The van der Waals surface area contributed by atoms with Crippen LogP contribution in [-0.4, -0.2) is 53.3 Å². The first-order chi connectivity index (χ1) is 7.77. The predicted octanol–water partition coefficient (Wildman–Crippen LogP) is 5.78. The van der Waals surface area contributed by atoms with Crippen LogP contribution in [0.1, 0.15) is 6.42 Å². The number of rotatable bonds is 4. The summed E-state index contributed by atoms with van der Waals surface area (Å²) in [6, 6.07) is 0. The van der Waals surface area contributed by atoms with Gasteiger partial charge in [0.1, 0.15) is 0 Å². The first-order valence-corrected chi connectivity index (χ1v) is 14.9. The van der Waals surface area contributed by atoms with Crippen molar-refractivity contribution in [3.63, 3.8) is 0 Å². The van der Waals surface area contributed by atoms with Crippen LogP contribution in [0.15, 0.2) is 21.3 Å². The Balaban J connectivity index is 3.30. The maximum absolute atomic E-state index is 2.44. The van der Waals surface area contributed by atoms with E-state index in [1.807, 2.05) is 21.3 Å². The Bertz CT molecular complexity index is 314. The minimum Gasteiger partial charge on any atom is -0.0850 e. The Morgan fingerprint density at radius 2 is 0.824 bits per heavy atom. The van der Waals surface area contributed by atoms with Gasteiger partial charge >= 0.3 is 0 Å². The minimum absolute atomic E-state index is 0.0680. The van der Waals surface area contributed by atoms with E-state index in [1.54, 1.807) is 0 Å². The quantitative estimate of drug-likeness (QED) is 0.578. The molecule has 0 nitrogen and oxygen atoms in total. The second kappa shape index (κ2) is 6.58. The van der Waals surface area contributed by atoms with Crippen LogP contribution in [-0.2, 0) is 0 Å². The van der Waals surface area contributed by atoms with Gasteiger partial charge in [0.25, 0.3) is 0 Å². The highest BCUT2D eigenvalue weighted by Gasteiger charge is 2.30. The largest absolute Gasteiger partial charge is 0.0850 e. The maximum atomic E-state index is 2.44. The summed E-state index contributed by atoms with van der Waals surface area (Å²) in [7, 11) is 0.334. The van der Waals surface area contributed by atoms with Crippen molar-refractivity contribution in [1.29, 1.82) is 0 Å². The van der Waals surface area contributed by atoms with E-state index in [9.17, 15) is 0 Å². The van der Waals surface area contributed by atoms with E-state index < -0.39 is 0 Å². The van der Waals surface area contributed by atoms with Crippen LogP contribution in [0.5, 0.6) is 0 Å². The minimum atomic E-state index is 0.0680. The van der Waals surface area contributed by atoms with Crippen molar-refractivity contribution < 1.29 is 0 Å². The Hall–Kier alpha value is 1.20. The molecule has 0 fully saturated rings. The molecule has 0 amide bonds. The molecule has 0 spiro atoms. The molecule has 17 heavy (non-hydrogen) atoms. The fraction of sp³-hybridized carbons (Fsp3) is 0.692. The highest BCUT2D eigenvalue weighted by Crippen LogP contribution is 2.68. The van der Waals surface area contributed by atoms with E-state index in [0.29, 0.717) is 0 Å². The van der Waals surface area contributed by atoms with Crippen LogP contribution in [0.3, 0.4) is 0 Å². The van der Waals surface area contributed by atoms with Gasteiger partial charge in [0.05, 0.1) is 0 Å². The molecule has 0 saturated heterocycles. The van der Waals surface area contributed by atoms with Crippen LogP contribution in [0.2, 0.25) is 0 Å². The van der Waals surface area contributed by atoms with Gasteiger partial charge in [-0.1, -0.05) is 31.7 Å². The summed E-state index contributed by atoms with van der Waals surface area (Å²) in [5, 5.41) is 7.29. The summed E-state index contributed by atoms with van der Waals surface area (Å²) >= 11 is 0. The molecule has 1 rings (SSSR count). The zero-order valence-electron chi connectivity index (χ0n) is 12.5. The molecule has 0 aromatic carbocycles. The van der Waals surface area contributed by atoms with E-state index in [1.165, 1.54) is 6.42 Å². The van der Waals surface area contributed by atoms with Crippen molar-refractivity contribution in [2.75, 3.05) is 53.3 Å². The molecule has 0 aliphatic heterocycles. The van der Waals surface area contributed by atoms with Crippen LogP contribution in [0, 0.1) is 0 Å². The number of hydrogen-bond acceptors (Lipinski definition) is 0. The molecule has 0 unspecified atom stereocenters. The van der Waals surface area contributed by atoms with E-state index in [2.05, 4.69) is 53.3 Å². The van der Waals surface area contributed by atoms with Crippen molar-refractivity contribution in [2.45, 2.75) is 6.42 Å². The third kappa shape index (κ3) is 3.61. The SMILES string of the molecule is CP(C)C1=C(P(C)C)C(P(C)C)=C(P(C)C)C1. The van der Waals surface area contributed by atoms with Gasteiger partial charge in [0.15, 0.2) is 0 Å². The lowest BCUT2D eigenvalue weighted by Crippen LogP contribution is -1.87. The van der Waals surface area contributed by atoms with Crippen molar-refractivity contribution in [2.24, 2.45) is 0 Å². The Labute approximate surface area is 113 Å². The molecule has 0 radical (unpaired) electrons. The lowest BCUT2D eigenvalue weighted by Gasteiger charge is -2.21. The third-order valence-electron chi connectivity index (χ3n) is 3.08. The van der Waals surface area contributed by atoms with Gasteiger partial charge in [0, 0.05) is 0 Å². The molecule has 0 N–H and O–H groups in total. The van der Waals surface area contributed by atoms with Gasteiger partial charge in [-0.15, -0.1) is 0 Å². The summed E-state index contributed by atoms with van der Waals surface area (Å²) in [6.45, 7) is 19.5. The van der Waals surface area contributed by atoms with Crippen LogP contribution >= 0.6 is 31.7 Å². The Morgan fingerprint density at radius 1 is 0.529 bits per heavy atom. The Morgan fingerprint density at radius 3 is 1.00 bits per heavy atom. The number of hydrogen-bond donors (Lipinski definition) is 0. The normalized spacial score (nSPS) is 17.6. The third-order valence-corrected chi connectivity index (χ3v) is 9.31. The van der Waals surface area contributed by atoms with Crippen molar-refractivity contribution in [3.8, 4) is 0 Å². The van der Waals surface area contributed by atoms with Crippen molar-refractivity contribution >= 4 is 31.7 Å². The Kier molecular flexibility index (Phi) is 6.29. The van der Waals surface area contributed by atoms with E-state index >= 15 is 0 Å². The van der Waals surface area contributed by atoms with E-state index in [0.717, 1.165) is 0 Å². The summed E-state index contributed by atoms with van der Waals surface area (Å²) in [6.07, 6.45) is 1.32. The van der Waals surface area contributed by atoms with Crippen LogP contribution in [0.4, 0.5) is 0 Å². The fourth-order valence-corrected chi connectivity index (χ4v) is 10.5. The first-order valence-electron chi connectivity index (χ1n) is 5.93. The predicted molar refractivity (Wildman–Crippen MR) is 93.7 cm³/mol. The zero-order chi connectivity index (χ0) is 13.3. The highest BCUT2D eigenvalue weighted by atomic mass is 31.1. The molecule has 0 heterocycles. The molecular formula is C13H26P4. The fourth-order valence-electron chi connectivity index (χ4n) is 2.28. The molecule has 1 aliphatic rings. The smallest absolute Gasteiger partial charge is 0.000419 e. The average molecular weight is 306 g/mol. The highest BCUT2D eigenvalue weighted by molar-refractivity contribution is 7.70. The zero-order valence-corrected chi connectivity index (χ0v) is 16.1. The summed E-state index contributed by atoms with van der Waals surface area (Å²) in [4.78, 5) is 0. The molecule has 0 saturated carbocycles. The molecule has 0 aromatic heterocycles. The topological polar surface area (TPSA) is 0 Å². The van der Waals surface area contributed by atoms with E-state index in [-0.39, 0.29) is 31.7 Å². The summed E-state index contributed by atoms with van der Waals surface area (Å²) in [5.74, 6) is 0. The monoisotopic (exact) mass is 306 g/mol. The second-order valence-corrected chi connectivity index (χ2v) is 14.5. The lowest BCUT2D eigenvalue weighted by molar-refractivity contribution is 1.36. The molecule has 1 aliphatic carbocycles. The molecule has 98 valence electrons. The molecular weight excluding hydrogens is 280 g/mol.